The first-order valence-corrected chi connectivity index (χ1v) is 3.79. The molecule has 2 nitrogen and oxygen atoms in total. The Kier molecular flexibility index (Phi) is 1.67. The standard InChI is InChI=1S/C10H9N2/c1-2-4-9-5-3-7-12-8-6-11-10(9)12/h2-8H,1H2. The molecule has 0 spiro atoms. The largest absolute Gasteiger partial charge is 0.307 e. The summed E-state index contributed by atoms with van der Waals surface area (Å²) in [4.78, 5) is 4.22. The van der Waals surface area contributed by atoms with E-state index in [-0.39, 0.29) is 0 Å². The molecule has 0 aliphatic rings. The summed E-state index contributed by atoms with van der Waals surface area (Å²) in [5.41, 5.74) is 2.06. The van der Waals surface area contributed by atoms with Gasteiger partial charge in [0, 0.05) is 24.2 Å². The van der Waals surface area contributed by atoms with Gasteiger partial charge in [-0.2, -0.15) is 0 Å². The molecule has 12 heavy (non-hydrogen) atoms. The van der Waals surface area contributed by atoms with E-state index in [1.807, 2.05) is 35.0 Å². The van der Waals surface area contributed by atoms with Gasteiger partial charge in [-0.05, 0) is 19.1 Å². The van der Waals surface area contributed by atoms with Gasteiger partial charge < -0.3 is 4.40 Å². The maximum Gasteiger partial charge on any atom is 0.143 e. The molecule has 0 aliphatic carbocycles. The Balaban J connectivity index is 2.73. The molecule has 59 valence electrons. The molecular weight excluding hydrogens is 148 g/mol. The summed E-state index contributed by atoms with van der Waals surface area (Å²) in [6.07, 6.45) is 9.40. The van der Waals surface area contributed by atoms with Gasteiger partial charge in [0.25, 0.3) is 0 Å². The van der Waals surface area contributed by atoms with E-state index in [1.165, 1.54) is 0 Å². The molecule has 0 bridgehead atoms. The Bertz CT molecular complexity index is 412. The van der Waals surface area contributed by atoms with E-state index in [2.05, 4.69) is 11.9 Å². The Labute approximate surface area is 71.2 Å². The molecule has 0 saturated heterocycles. The third-order valence-corrected chi connectivity index (χ3v) is 1.75. The van der Waals surface area contributed by atoms with Crippen LogP contribution >= 0.6 is 0 Å². The van der Waals surface area contributed by atoms with Crippen molar-refractivity contribution in [2.75, 3.05) is 0 Å². The maximum atomic E-state index is 4.22. The van der Waals surface area contributed by atoms with E-state index in [4.69, 9.17) is 0 Å². The fourth-order valence-electron chi connectivity index (χ4n) is 1.23. The Morgan fingerprint density at radius 2 is 2.33 bits per heavy atom. The van der Waals surface area contributed by atoms with Crippen LogP contribution in [0.2, 0.25) is 0 Å². The van der Waals surface area contributed by atoms with Gasteiger partial charge in [-0.25, -0.2) is 4.98 Å². The minimum absolute atomic E-state index is 0.970. The van der Waals surface area contributed by atoms with Gasteiger partial charge in [0.2, 0.25) is 0 Å². The summed E-state index contributed by atoms with van der Waals surface area (Å²) >= 11 is 0. The molecule has 0 aromatic carbocycles. The fraction of sp³-hybridized carbons (Fsp3) is 0. The van der Waals surface area contributed by atoms with Crippen LogP contribution in [0.1, 0.15) is 5.56 Å². The van der Waals surface area contributed by atoms with Crippen molar-refractivity contribution in [3.8, 4) is 0 Å². The summed E-state index contributed by atoms with van der Waals surface area (Å²) in [6, 6.07) is 4.01. The number of pyridine rings is 1. The normalized spacial score (nSPS) is 11.4. The monoisotopic (exact) mass is 157 g/mol. The number of imidazole rings is 1. The number of rotatable bonds is 1. The van der Waals surface area contributed by atoms with Gasteiger partial charge in [0.05, 0.1) is 0 Å². The smallest absolute Gasteiger partial charge is 0.143 e. The molecule has 2 aromatic heterocycles. The number of hydrogen-bond acceptors (Lipinski definition) is 1. The van der Waals surface area contributed by atoms with Crippen LogP contribution in [0.3, 0.4) is 0 Å². The summed E-state index contributed by atoms with van der Waals surface area (Å²) in [7, 11) is 0. The summed E-state index contributed by atoms with van der Waals surface area (Å²) in [6.45, 7) is 3.65. The molecule has 1 radical (unpaired) electrons. The van der Waals surface area contributed by atoms with Crippen LogP contribution in [0.15, 0.2) is 36.8 Å². The van der Waals surface area contributed by atoms with Crippen LogP contribution in [-0.4, -0.2) is 9.38 Å². The molecule has 0 N–H and O–H groups in total. The molecule has 0 fully saturated rings. The second-order valence-corrected chi connectivity index (χ2v) is 2.52. The van der Waals surface area contributed by atoms with Crippen molar-refractivity contribution in [2.24, 2.45) is 0 Å². The number of hydrogen-bond donors (Lipinski definition) is 0. The lowest BCUT2D eigenvalue weighted by Gasteiger charge is -1.96. The van der Waals surface area contributed by atoms with Crippen molar-refractivity contribution >= 4 is 11.7 Å². The SMILES string of the molecule is [CH2]C=Cc1cccn2ccnc12. The Morgan fingerprint density at radius 1 is 1.42 bits per heavy atom. The van der Waals surface area contributed by atoms with Crippen molar-refractivity contribution in [2.45, 2.75) is 0 Å². The lowest BCUT2D eigenvalue weighted by atomic mass is 10.2. The van der Waals surface area contributed by atoms with E-state index >= 15 is 0 Å². The average Bonchev–Trinajstić information content (AvgIpc) is 2.53. The zero-order chi connectivity index (χ0) is 8.39. The van der Waals surface area contributed by atoms with Crippen molar-refractivity contribution in [1.29, 1.82) is 0 Å². The Morgan fingerprint density at radius 3 is 3.17 bits per heavy atom. The zero-order valence-electron chi connectivity index (χ0n) is 6.64. The minimum atomic E-state index is 0.970. The molecular formula is C10H9N2. The molecule has 2 rings (SSSR count). The van der Waals surface area contributed by atoms with Gasteiger partial charge in [-0.15, -0.1) is 0 Å². The summed E-state index contributed by atoms with van der Waals surface area (Å²) in [5, 5.41) is 0. The van der Waals surface area contributed by atoms with Crippen molar-refractivity contribution < 1.29 is 0 Å². The molecule has 0 saturated carbocycles. The topological polar surface area (TPSA) is 17.3 Å². The van der Waals surface area contributed by atoms with E-state index < -0.39 is 0 Å². The summed E-state index contributed by atoms with van der Waals surface area (Å²) in [5.74, 6) is 0. The third kappa shape index (κ3) is 1.01. The highest BCUT2D eigenvalue weighted by atomic mass is 15.0. The van der Waals surface area contributed by atoms with Crippen LogP contribution in [0.25, 0.3) is 11.7 Å². The van der Waals surface area contributed by atoms with E-state index in [0.717, 1.165) is 11.2 Å². The van der Waals surface area contributed by atoms with E-state index in [1.54, 1.807) is 12.3 Å². The first-order valence-electron chi connectivity index (χ1n) is 3.79. The number of aromatic nitrogens is 2. The molecule has 0 amide bonds. The van der Waals surface area contributed by atoms with Crippen LogP contribution < -0.4 is 0 Å². The second kappa shape index (κ2) is 2.81. The zero-order valence-corrected chi connectivity index (χ0v) is 6.64. The predicted octanol–water partition coefficient (Wildman–Crippen LogP) is 2.18. The van der Waals surface area contributed by atoms with Crippen molar-refractivity contribution in [3.05, 3.63) is 49.3 Å². The van der Waals surface area contributed by atoms with Gasteiger partial charge >= 0.3 is 0 Å². The van der Waals surface area contributed by atoms with Gasteiger partial charge in [-0.1, -0.05) is 12.2 Å². The number of fused-ring (bicyclic) bond motifs is 1. The lowest BCUT2D eigenvalue weighted by molar-refractivity contribution is 1.18. The summed E-state index contributed by atoms with van der Waals surface area (Å²) < 4.78 is 1.98. The van der Waals surface area contributed by atoms with E-state index in [9.17, 15) is 0 Å². The quantitative estimate of drug-likeness (QED) is 0.620. The van der Waals surface area contributed by atoms with Gasteiger partial charge in [-0.3, -0.25) is 0 Å². The highest BCUT2D eigenvalue weighted by Crippen LogP contribution is 2.09. The number of nitrogens with zero attached hydrogens (tertiary/aromatic N) is 2. The highest BCUT2D eigenvalue weighted by Gasteiger charge is 1.96. The van der Waals surface area contributed by atoms with E-state index in [0.29, 0.717) is 0 Å². The second-order valence-electron chi connectivity index (χ2n) is 2.52. The average molecular weight is 157 g/mol. The minimum Gasteiger partial charge on any atom is -0.307 e. The molecule has 2 aromatic rings. The van der Waals surface area contributed by atoms with Gasteiger partial charge in [0.1, 0.15) is 5.65 Å². The maximum absolute atomic E-state index is 4.22. The molecule has 2 heteroatoms. The molecule has 0 atom stereocenters. The van der Waals surface area contributed by atoms with Crippen molar-refractivity contribution in [3.63, 3.8) is 0 Å². The Hall–Kier alpha value is -1.57. The molecule has 2 heterocycles. The van der Waals surface area contributed by atoms with Crippen LogP contribution in [0, 0.1) is 6.92 Å². The van der Waals surface area contributed by atoms with Crippen LogP contribution in [0.4, 0.5) is 0 Å². The van der Waals surface area contributed by atoms with Crippen molar-refractivity contribution in [1.82, 2.24) is 9.38 Å². The highest BCUT2D eigenvalue weighted by molar-refractivity contribution is 5.65. The van der Waals surface area contributed by atoms with Crippen LogP contribution in [0.5, 0.6) is 0 Å². The third-order valence-electron chi connectivity index (χ3n) is 1.75. The van der Waals surface area contributed by atoms with Gasteiger partial charge in [0.15, 0.2) is 0 Å². The van der Waals surface area contributed by atoms with Crippen LogP contribution in [-0.2, 0) is 0 Å². The first-order chi connectivity index (χ1) is 5.92. The lowest BCUT2D eigenvalue weighted by Crippen LogP contribution is -1.84. The predicted molar refractivity (Wildman–Crippen MR) is 49.6 cm³/mol. The fourth-order valence-corrected chi connectivity index (χ4v) is 1.23. The molecule has 0 unspecified atom stereocenters. The number of allylic oxidation sites excluding steroid dienone is 1. The first kappa shape index (κ1) is 7.10. The molecule has 0 aliphatic heterocycles.